The number of benzene rings is 2. The number of methoxy groups -OCH3 is 1. The fourth-order valence-corrected chi connectivity index (χ4v) is 3.75. The molecule has 29 heavy (non-hydrogen) atoms. The van der Waals surface area contributed by atoms with E-state index in [1.54, 1.807) is 14.2 Å². The highest BCUT2D eigenvalue weighted by Crippen LogP contribution is 2.34. The second-order valence-electron chi connectivity index (χ2n) is 7.32. The summed E-state index contributed by atoms with van der Waals surface area (Å²) in [5, 5.41) is 6.96. The summed E-state index contributed by atoms with van der Waals surface area (Å²) >= 11 is 0. The van der Waals surface area contributed by atoms with Crippen LogP contribution >= 0.6 is 24.0 Å². The Kier molecular flexibility index (Phi) is 9.23. The third-order valence-corrected chi connectivity index (χ3v) is 5.30. The summed E-state index contributed by atoms with van der Waals surface area (Å²) in [6, 6.07) is 16.8. The van der Waals surface area contributed by atoms with Crippen LogP contribution in [0.3, 0.4) is 0 Å². The molecule has 2 aromatic rings. The van der Waals surface area contributed by atoms with Crippen molar-refractivity contribution in [2.75, 3.05) is 27.3 Å². The monoisotopic (exact) mass is 509 g/mol. The van der Waals surface area contributed by atoms with E-state index in [0.717, 1.165) is 36.8 Å². The van der Waals surface area contributed by atoms with Gasteiger partial charge in [-0.15, -0.1) is 24.0 Å². The average Bonchev–Trinajstić information content (AvgIpc) is 3.20. The van der Waals surface area contributed by atoms with Gasteiger partial charge in [-0.1, -0.05) is 48.0 Å². The van der Waals surface area contributed by atoms with Gasteiger partial charge in [-0.05, 0) is 31.9 Å². The number of nitrogens with zero attached hydrogens (tertiary/aromatic N) is 1. The van der Waals surface area contributed by atoms with Crippen LogP contribution in [0.1, 0.15) is 42.2 Å². The van der Waals surface area contributed by atoms with Gasteiger partial charge < -0.3 is 20.1 Å². The molecule has 0 aromatic heterocycles. The molecule has 0 bridgehead atoms. The molecule has 0 amide bonds. The highest BCUT2D eigenvalue weighted by atomic mass is 127. The number of aliphatic imine (C=N–C) groups is 1. The summed E-state index contributed by atoms with van der Waals surface area (Å²) in [5.74, 6) is 2.09. The van der Waals surface area contributed by atoms with Crippen LogP contribution in [0.15, 0.2) is 53.5 Å². The van der Waals surface area contributed by atoms with Crippen molar-refractivity contribution >= 4 is 29.9 Å². The van der Waals surface area contributed by atoms with Crippen LogP contribution in [0, 0.1) is 12.8 Å². The highest BCUT2D eigenvalue weighted by molar-refractivity contribution is 14.0. The molecule has 3 rings (SSSR count). The first-order chi connectivity index (χ1) is 13.6. The molecule has 0 aliphatic carbocycles. The standard InChI is InChI=1S/C23H31N3O2.HI/c1-16-10-11-21(27-4)20(14-16)17(2)26-23(24-3)25-15-19-12-13-28-22(19)18-8-6-5-7-9-18;/h5-11,14,17,19,22H,12-13,15H2,1-4H3,(H2,24,25,26);1H. The summed E-state index contributed by atoms with van der Waals surface area (Å²) in [6.07, 6.45) is 1.19. The lowest BCUT2D eigenvalue weighted by atomic mass is 9.95. The zero-order chi connectivity index (χ0) is 19.9. The van der Waals surface area contributed by atoms with E-state index in [1.807, 2.05) is 12.1 Å². The first-order valence-electron chi connectivity index (χ1n) is 9.90. The quantitative estimate of drug-likeness (QED) is 0.339. The summed E-state index contributed by atoms with van der Waals surface area (Å²) in [4.78, 5) is 4.40. The van der Waals surface area contributed by atoms with E-state index in [0.29, 0.717) is 5.92 Å². The van der Waals surface area contributed by atoms with Gasteiger partial charge in [0, 0.05) is 31.7 Å². The summed E-state index contributed by atoms with van der Waals surface area (Å²) in [7, 11) is 3.51. The van der Waals surface area contributed by atoms with Crippen molar-refractivity contribution in [1.29, 1.82) is 0 Å². The molecule has 0 spiro atoms. The minimum atomic E-state index is 0. The Morgan fingerprint density at radius 1 is 1.24 bits per heavy atom. The number of aryl methyl sites for hydroxylation is 1. The number of ether oxygens (including phenoxy) is 2. The van der Waals surface area contributed by atoms with E-state index >= 15 is 0 Å². The molecule has 5 nitrogen and oxygen atoms in total. The molecule has 158 valence electrons. The maximum absolute atomic E-state index is 5.99. The van der Waals surface area contributed by atoms with Crippen LogP contribution < -0.4 is 15.4 Å². The zero-order valence-electron chi connectivity index (χ0n) is 17.6. The first-order valence-corrected chi connectivity index (χ1v) is 9.90. The average molecular weight is 509 g/mol. The Labute approximate surface area is 191 Å². The molecular weight excluding hydrogens is 477 g/mol. The van der Waals surface area contributed by atoms with Gasteiger partial charge in [0.2, 0.25) is 0 Å². The predicted molar refractivity (Wildman–Crippen MR) is 129 cm³/mol. The van der Waals surface area contributed by atoms with Crippen molar-refractivity contribution < 1.29 is 9.47 Å². The van der Waals surface area contributed by atoms with E-state index < -0.39 is 0 Å². The Bertz CT molecular complexity index is 798. The molecule has 3 atom stereocenters. The lowest BCUT2D eigenvalue weighted by molar-refractivity contribution is 0.0915. The molecule has 1 fully saturated rings. The number of hydrogen-bond donors (Lipinski definition) is 2. The minimum Gasteiger partial charge on any atom is -0.496 e. The first kappa shape index (κ1) is 23.5. The fourth-order valence-electron chi connectivity index (χ4n) is 3.75. The van der Waals surface area contributed by atoms with Crippen molar-refractivity contribution in [3.63, 3.8) is 0 Å². The lowest BCUT2D eigenvalue weighted by Crippen LogP contribution is -2.41. The summed E-state index contributed by atoms with van der Waals surface area (Å²) in [5.41, 5.74) is 3.57. The van der Waals surface area contributed by atoms with Crippen LogP contribution in [-0.4, -0.2) is 33.3 Å². The van der Waals surface area contributed by atoms with Gasteiger partial charge in [0.15, 0.2) is 5.96 Å². The molecule has 0 radical (unpaired) electrons. The second-order valence-corrected chi connectivity index (χ2v) is 7.32. The van der Waals surface area contributed by atoms with Crippen molar-refractivity contribution in [2.24, 2.45) is 10.9 Å². The predicted octanol–water partition coefficient (Wildman–Crippen LogP) is 4.63. The Balaban J connectivity index is 0.00000300. The molecule has 2 N–H and O–H groups in total. The minimum absolute atomic E-state index is 0. The van der Waals surface area contributed by atoms with Crippen LogP contribution in [0.25, 0.3) is 0 Å². The van der Waals surface area contributed by atoms with E-state index in [-0.39, 0.29) is 36.1 Å². The maximum atomic E-state index is 5.99. The fraction of sp³-hybridized carbons (Fsp3) is 0.435. The van der Waals surface area contributed by atoms with Gasteiger partial charge in [-0.2, -0.15) is 0 Å². The molecular formula is C23H32IN3O2. The summed E-state index contributed by atoms with van der Waals surface area (Å²) < 4.78 is 11.5. The number of halogens is 1. The van der Waals surface area contributed by atoms with Crippen molar-refractivity contribution in [3.05, 3.63) is 65.2 Å². The zero-order valence-corrected chi connectivity index (χ0v) is 20.0. The van der Waals surface area contributed by atoms with E-state index in [1.165, 1.54) is 11.1 Å². The van der Waals surface area contributed by atoms with Gasteiger partial charge >= 0.3 is 0 Å². The Hall–Kier alpha value is -1.80. The third-order valence-electron chi connectivity index (χ3n) is 5.30. The summed E-state index contributed by atoms with van der Waals surface area (Å²) in [6.45, 7) is 5.83. The van der Waals surface area contributed by atoms with Crippen LogP contribution in [-0.2, 0) is 4.74 Å². The number of nitrogens with one attached hydrogen (secondary N) is 2. The number of hydrogen-bond acceptors (Lipinski definition) is 3. The number of guanidine groups is 1. The molecule has 1 saturated heterocycles. The van der Waals surface area contributed by atoms with E-state index in [9.17, 15) is 0 Å². The topological polar surface area (TPSA) is 54.9 Å². The second kappa shape index (κ2) is 11.4. The van der Waals surface area contributed by atoms with Gasteiger partial charge in [0.25, 0.3) is 0 Å². The van der Waals surface area contributed by atoms with Gasteiger partial charge in [0.05, 0.1) is 19.3 Å². The van der Waals surface area contributed by atoms with Crippen molar-refractivity contribution in [3.8, 4) is 5.75 Å². The molecule has 1 heterocycles. The van der Waals surface area contributed by atoms with Gasteiger partial charge in [-0.3, -0.25) is 4.99 Å². The van der Waals surface area contributed by atoms with Crippen LogP contribution in [0.4, 0.5) is 0 Å². The molecule has 2 aromatic carbocycles. The SMILES string of the molecule is CN=C(NCC1CCOC1c1ccccc1)NC(C)c1cc(C)ccc1OC.I. The lowest BCUT2D eigenvalue weighted by Gasteiger charge is -2.23. The Morgan fingerprint density at radius 3 is 2.69 bits per heavy atom. The van der Waals surface area contributed by atoms with Gasteiger partial charge in [0.1, 0.15) is 5.75 Å². The van der Waals surface area contributed by atoms with Crippen molar-refractivity contribution in [2.45, 2.75) is 32.4 Å². The van der Waals surface area contributed by atoms with E-state index in [4.69, 9.17) is 9.47 Å². The third kappa shape index (κ3) is 6.09. The molecule has 0 saturated carbocycles. The van der Waals surface area contributed by atoms with Crippen LogP contribution in [0.5, 0.6) is 5.75 Å². The maximum Gasteiger partial charge on any atom is 0.191 e. The Morgan fingerprint density at radius 2 is 2.00 bits per heavy atom. The molecule has 3 unspecified atom stereocenters. The largest absolute Gasteiger partial charge is 0.496 e. The molecule has 1 aliphatic rings. The smallest absolute Gasteiger partial charge is 0.191 e. The van der Waals surface area contributed by atoms with Crippen molar-refractivity contribution in [1.82, 2.24) is 10.6 Å². The highest BCUT2D eigenvalue weighted by Gasteiger charge is 2.29. The molecule has 6 heteroatoms. The number of rotatable bonds is 6. The normalized spacial score (nSPS) is 19.9. The van der Waals surface area contributed by atoms with Crippen LogP contribution in [0.2, 0.25) is 0 Å². The van der Waals surface area contributed by atoms with Gasteiger partial charge in [-0.25, -0.2) is 0 Å². The molecule has 1 aliphatic heterocycles. The van der Waals surface area contributed by atoms with E-state index in [2.05, 4.69) is 65.9 Å².